The van der Waals surface area contributed by atoms with Crippen LogP contribution >= 0.6 is 0 Å². The first-order valence-electron chi connectivity index (χ1n) is 7.32. The van der Waals surface area contributed by atoms with E-state index in [-0.39, 0.29) is 24.8 Å². The summed E-state index contributed by atoms with van der Waals surface area (Å²) in [6.07, 6.45) is 2.34. The highest BCUT2D eigenvalue weighted by molar-refractivity contribution is 5.90. The minimum atomic E-state index is -1.04. The maximum absolute atomic E-state index is 12.4. The second kappa shape index (κ2) is 7.11. The third-order valence-corrected chi connectivity index (χ3v) is 3.62. The van der Waals surface area contributed by atoms with Gasteiger partial charge in [-0.2, -0.15) is 0 Å². The SMILES string of the molecule is CCCN(CC(=O)O)C(=O)[C@@H]1CC(=O)N(Cc2ccco2)C1. The highest BCUT2D eigenvalue weighted by atomic mass is 16.4. The fourth-order valence-electron chi connectivity index (χ4n) is 2.64. The summed E-state index contributed by atoms with van der Waals surface area (Å²) in [4.78, 5) is 38.2. The van der Waals surface area contributed by atoms with Gasteiger partial charge >= 0.3 is 5.97 Å². The molecule has 2 amide bonds. The number of nitrogens with zero attached hydrogens (tertiary/aromatic N) is 2. The molecule has 0 spiro atoms. The Hall–Kier alpha value is -2.31. The fourth-order valence-corrected chi connectivity index (χ4v) is 2.64. The summed E-state index contributed by atoms with van der Waals surface area (Å²) < 4.78 is 5.21. The molecule has 0 unspecified atom stereocenters. The van der Waals surface area contributed by atoms with Gasteiger partial charge in [-0.1, -0.05) is 6.92 Å². The van der Waals surface area contributed by atoms with Crippen molar-refractivity contribution in [2.24, 2.45) is 5.92 Å². The molecule has 0 radical (unpaired) electrons. The number of carbonyl (C=O) groups is 3. The molecule has 1 fully saturated rings. The van der Waals surface area contributed by atoms with Gasteiger partial charge in [0, 0.05) is 19.5 Å². The molecule has 1 aromatic heterocycles. The molecule has 2 rings (SSSR count). The summed E-state index contributed by atoms with van der Waals surface area (Å²) in [5.41, 5.74) is 0. The summed E-state index contributed by atoms with van der Waals surface area (Å²) in [6, 6.07) is 3.52. The van der Waals surface area contributed by atoms with Gasteiger partial charge in [0.15, 0.2) is 0 Å². The van der Waals surface area contributed by atoms with Crippen LogP contribution in [-0.2, 0) is 20.9 Å². The molecular formula is C15H20N2O5. The number of aliphatic carboxylic acids is 1. The van der Waals surface area contributed by atoms with E-state index in [4.69, 9.17) is 9.52 Å². The van der Waals surface area contributed by atoms with E-state index >= 15 is 0 Å². The Kier molecular flexibility index (Phi) is 5.19. The van der Waals surface area contributed by atoms with E-state index in [2.05, 4.69) is 0 Å². The van der Waals surface area contributed by atoms with Gasteiger partial charge in [-0.05, 0) is 18.6 Å². The van der Waals surface area contributed by atoms with Gasteiger partial charge in [-0.15, -0.1) is 0 Å². The zero-order valence-electron chi connectivity index (χ0n) is 12.5. The molecule has 1 aliphatic heterocycles. The third-order valence-electron chi connectivity index (χ3n) is 3.62. The van der Waals surface area contributed by atoms with Gasteiger partial charge < -0.3 is 19.3 Å². The summed E-state index contributed by atoms with van der Waals surface area (Å²) in [5.74, 6) is -1.23. The van der Waals surface area contributed by atoms with Crippen molar-refractivity contribution in [3.63, 3.8) is 0 Å². The minimum Gasteiger partial charge on any atom is -0.480 e. The van der Waals surface area contributed by atoms with Crippen LogP contribution < -0.4 is 0 Å². The second-order valence-electron chi connectivity index (χ2n) is 5.41. The zero-order valence-corrected chi connectivity index (χ0v) is 12.5. The summed E-state index contributed by atoms with van der Waals surface area (Å²) in [5, 5.41) is 8.89. The number of carbonyl (C=O) groups excluding carboxylic acids is 2. The average Bonchev–Trinajstić information content (AvgIpc) is 3.08. The van der Waals surface area contributed by atoms with Crippen LogP contribution in [0.15, 0.2) is 22.8 Å². The lowest BCUT2D eigenvalue weighted by molar-refractivity contribution is -0.146. The van der Waals surface area contributed by atoms with Crippen molar-refractivity contribution in [2.45, 2.75) is 26.3 Å². The number of furan rings is 1. The largest absolute Gasteiger partial charge is 0.480 e. The quantitative estimate of drug-likeness (QED) is 0.810. The molecule has 0 bridgehead atoms. The van der Waals surface area contributed by atoms with Gasteiger partial charge in [0.05, 0.1) is 18.7 Å². The molecule has 0 aliphatic carbocycles. The third kappa shape index (κ3) is 3.87. The standard InChI is InChI=1S/C15H20N2O5/c1-2-5-16(10-14(19)20)15(21)11-7-13(18)17(8-11)9-12-4-3-6-22-12/h3-4,6,11H,2,5,7-10H2,1H3,(H,19,20)/t11-/m1/s1. The molecule has 7 nitrogen and oxygen atoms in total. The van der Waals surface area contributed by atoms with Crippen molar-refractivity contribution in [1.29, 1.82) is 0 Å². The number of amides is 2. The molecule has 1 N–H and O–H groups in total. The molecule has 0 saturated carbocycles. The molecule has 0 aromatic carbocycles. The highest BCUT2D eigenvalue weighted by Crippen LogP contribution is 2.22. The molecular weight excluding hydrogens is 288 g/mol. The molecule has 7 heteroatoms. The molecule has 22 heavy (non-hydrogen) atoms. The fraction of sp³-hybridized carbons (Fsp3) is 0.533. The summed E-state index contributed by atoms with van der Waals surface area (Å²) in [6.45, 7) is 2.58. The lowest BCUT2D eigenvalue weighted by atomic mass is 10.1. The van der Waals surface area contributed by atoms with Crippen LogP contribution in [0.25, 0.3) is 0 Å². The Morgan fingerprint density at radius 2 is 2.27 bits per heavy atom. The van der Waals surface area contributed by atoms with Crippen LogP contribution in [0.3, 0.4) is 0 Å². The van der Waals surface area contributed by atoms with E-state index in [9.17, 15) is 14.4 Å². The van der Waals surface area contributed by atoms with Gasteiger partial charge in [-0.3, -0.25) is 14.4 Å². The Morgan fingerprint density at radius 1 is 1.50 bits per heavy atom. The number of carboxylic acids is 1. The second-order valence-corrected chi connectivity index (χ2v) is 5.41. The monoisotopic (exact) mass is 308 g/mol. The number of rotatable bonds is 7. The first kappa shape index (κ1) is 16.1. The number of carboxylic acid groups (broad SMARTS) is 1. The van der Waals surface area contributed by atoms with Gasteiger partial charge in [-0.25, -0.2) is 0 Å². The van der Waals surface area contributed by atoms with Crippen LogP contribution in [-0.4, -0.2) is 52.3 Å². The van der Waals surface area contributed by atoms with Crippen LogP contribution in [0.2, 0.25) is 0 Å². The van der Waals surface area contributed by atoms with Crippen molar-refractivity contribution in [2.75, 3.05) is 19.6 Å². The van der Waals surface area contributed by atoms with Crippen molar-refractivity contribution >= 4 is 17.8 Å². The van der Waals surface area contributed by atoms with Gasteiger partial charge in [0.2, 0.25) is 11.8 Å². The predicted octanol–water partition coefficient (Wildman–Crippen LogP) is 0.951. The molecule has 1 aromatic rings. The smallest absolute Gasteiger partial charge is 0.323 e. The Bertz CT molecular complexity index is 540. The van der Waals surface area contributed by atoms with Crippen LogP contribution in [0.1, 0.15) is 25.5 Å². The van der Waals surface area contributed by atoms with Crippen molar-refractivity contribution in [3.8, 4) is 0 Å². The average molecular weight is 308 g/mol. The normalized spacial score (nSPS) is 17.8. The molecule has 1 aliphatic rings. The van der Waals surface area contributed by atoms with E-state index in [0.29, 0.717) is 31.8 Å². The van der Waals surface area contributed by atoms with Gasteiger partial charge in [0.1, 0.15) is 12.3 Å². The number of hydrogen-bond acceptors (Lipinski definition) is 4. The molecule has 1 atom stereocenters. The lowest BCUT2D eigenvalue weighted by Crippen LogP contribution is -2.41. The van der Waals surface area contributed by atoms with Crippen molar-refractivity contribution in [3.05, 3.63) is 24.2 Å². The van der Waals surface area contributed by atoms with Crippen LogP contribution in [0, 0.1) is 5.92 Å². The first-order chi connectivity index (χ1) is 10.5. The van der Waals surface area contributed by atoms with Crippen LogP contribution in [0.4, 0.5) is 0 Å². The van der Waals surface area contributed by atoms with E-state index in [1.165, 1.54) is 11.2 Å². The van der Waals surface area contributed by atoms with E-state index in [0.717, 1.165) is 0 Å². The highest BCUT2D eigenvalue weighted by Gasteiger charge is 2.37. The number of hydrogen-bond donors (Lipinski definition) is 1. The first-order valence-corrected chi connectivity index (χ1v) is 7.32. The van der Waals surface area contributed by atoms with Gasteiger partial charge in [0.25, 0.3) is 0 Å². The Labute approximate surface area is 128 Å². The van der Waals surface area contributed by atoms with Crippen LogP contribution in [0.5, 0.6) is 0 Å². The van der Waals surface area contributed by atoms with Crippen molar-refractivity contribution < 1.29 is 23.9 Å². The zero-order chi connectivity index (χ0) is 16.1. The van der Waals surface area contributed by atoms with E-state index in [1.54, 1.807) is 17.0 Å². The van der Waals surface area contributed by atoms with E-state index in [1.807, 2.05) is 6.92 Å². The molecule has 120 valence electrons. The summed E-state index contributed by atoms with van der Waals surface area (Å²) >= 11 is 0. The maximum Gasteiger partial charge on any atom is 0.323 e. The Balaban J connectivity index is 1.98. The lowest BCUT2D eigenvalue weighted by Gasteiger charge is -2.23. The minimum absolute atomic E-state index is 0.110. The molecule has 1 saturated heterocycles. The summed E-state index contributed by atoms with van der Waals surface area (Å²) in [7, 11) is 0. The Morgan fingerprint density at radius 3 is 2.86 bits per heavy atom. The van der Waals surface area contributed by atoms with Crippen molar-refractivity contribution in [1.82, 2.24) is 9.80 Å². The topological polar surface area (TPSA) is 91.1 Å². The maximum atomic E-state index is 12.4. The molecule has 2 heterocycles. The van der Waals surface area contributed by atoms with E-state index < -0.39 is 11.9 Å². The predicted molar refractivity (Wildman–Crippen MR) is 76.7 cm³/mol. The number of likely N-dealkylation sites (tertiary alicyclic amines) is 1.